The SMILES string of the molecule is CNC(=O)CN1CCC(NC(=O)c2cnc3onc(C)c3c2)CC1. The Bertz CT molecular complexity index is 749. The second kappa shape index (κ2) is 6.96. The molecule has 0 atom stereocenters. The highest BCUT2D eigenvalue weighted by atomic mass is 16.5. The molecule has 0 aliphatic carbocycles. The molecule has 0 saturated carbocycles. The number of pyridine rings is 1. The number of aromatic nitrogens is 2. The number of piperidine rings is 1. The largest absolute Gasteiger partial charge is 0.358 e. The normalized spacial score (nSPS) is 16.2. The molecule has 2 aromatic heterocycles. The summed E-state index contributed by atoms with van der Waals surface area (Å²) in [7, 11) is 1.64. The lowest BCUT2D eigenvalue weighted by molar-refractivity contribution is -0.122. The summed E-state index contributed by atoms with van der Waals surface area (Å²) in [5.74, 6) is -0.129. The Balaban J connectivity index is 1.57. The van der Waals surface area contributed by atoms with E-state index in [-0.39, 0.29) is 17.9 Å². The van der Waals surface area contributed by atoms with E-state index in [1.807, 2.05) is 6.92 Å². The molecule has 2 N–H and O–H groups in total. The van der Waals surface area contributed by atoms with Crippen LogP contribution in [0.5, 0.6) is 0 Å². The highest BCUT2D eigenvalue weighted by molar-refractivity contribution is 5.97. The van der Waals surface area contributed by atoms with Crippen LogP contribution in [0, 0.1) is 6.92 Å². The van der Waals surface area contributed by atoms with Gasteiger partial charge in [-0.1, -0.05) is 5.16 Å². The second-order valence-corrected chi connectivity index (χ2v) is 6.04. The molecule has 1 saturated heterocycles. The van der Waals surface area contributed by atoms with Crippen molar-refractivity contribution < 1.29 is 14.1 Å². The molecule has 8 nitrogen and oxygen atoms in total. The zero-order chi connectivity index (χ0) is 17.1. The maximum atomic E-state index is 12.4. The molecular weight excluding hydrogens is 310 g/mol. The van der Waals surface area contributed by atoms with Crippen LogP contribution in [0.2, 0.25) is 0 Å². The molecule has 0 aromatic carbocycles. The Hall–Kier alpha value is -2.48. The predicted octanol–water partition coefficient (Wildman–Crippen LogP) is 0.471. The van der Waals surface area contributed by atoms with Gasteiger partial charge in [0.2, 0.25) is 5.91 Å². The third-order valence-corrected chi connectivity index (χ3v) is 4.34. The molecular formula is C16H21N5O3. The summed E-state index contributed by atoms with van der Waals surface area (Å²) in [5.41, 5.74) is 1.66. The van der Waals surface area contributed by atoms with Gasteiger partial charge in [-0.25, -0.2) is 4.98 Å². The minimum Gasteiger partial charge on any atom is -0.358 e. The van der Waals surface area contributed by atoms with Crippen molar-refractivity contribution in [1.82, 2.24) is 25.7 Å². The van der Waals surface area contributed by atoms with Crippen molar-refractivity contribution >= 4 is 22.9 Å². The fourth-order valence-corrected chi connectivity index (χ4v) is 2.86. The number of aryl methyl sites for hydroxylation is 1. The number of rotatable bonds is 4. The average molecular weight is 331 g/mol. The van der Waals surface area contributed by atoms with E-state index < -0.39 is 0 Å². The van der Waals surface area contributed by atoms with E-state index in [9.17, 15) is 9.59 Å². The number of carbonyl (C=O) groups is 2. The quantitative estimate of drug-likeness (QED) is 0.845. The van der Waals surface area contributed by atoms with E-state index in [4.69, 9.17) is 4.52 Å². The molecule has 3 rings (SSSR count). The van der Waals surface area contributed by atoms with Crippen LogP contribution in [0.4, 0.5) is 0 Å². The number of nitrogens with one attached hydrogen (secondary N) is 2. The minimum atomic E-state index is -0.144. The molecule has 8 heteroatoms. The monoisotopic (exact) mass is 331 g/mol. The standard InChI is InChI=1S/C16H21N5O3/c1-10-13-7-11(8-18-16(13)24-20-10)15(23)19-12-3-5-21(6-4-12)9-14(22)17-2/h7-8,12H,3-6,9H2,1-2H3,(H,17,22)(H,19,23). The Kier molecular flexibility index (Phi) is 4.75. The molecule has 1 fully saturated rings. The van der Waals surface area contributed by atoms with E-state index in [0.717, 1.165) is 37.0 Å². The summed E-state index contributed by atoms with van der Waals surface area (Å²) >= 11 is 0. The molecule has 0 unspecified atom stereocenters. The van der Waals surface area contributed by atoms with Gasteiger partial charge >= 0.3 is 0 Å². The van der Waals surface area contributed by atoms with Gasteiger partial charge in [-0.15, -0.1) is 0 Å². The number of carbonyl (C=O) groups excluding carboxylic acids is 2. The Morgan fingerprint density at radius 2 is 2.12 bits per heavy atom. The van der Waals surface area contributed by atoms with Gasteiger partial charge in [-0.05, 0) is 25.8 Å². The molecule has 2 amide bonds. The van der Waals surface area contributed by atoms with E-state index in [0.29, 0.717) is 17.8 Å². The first-order valence-corrected chi connectivity index (χ1v) is 8.02. The van der Waals surface area contributed by atoms with Crippen LogP contribution in [0.25, 0.3) is 11.1 Å². The van der Waals surface area contributed by atoms with E-state index in [1.54, 1.807) is 13.1 Å². The Morgan fingerprint density at radius 3 is 2.83 bits per heavy atom. The Morgan fingerprint density at radius 1 is 1.38 bits per heavy atom. The molecule has 1 aliphatic rings. The maximum absolute atomic E-state index is 12.4. The molecule has 0 bridgehead atoms. The molecule has 128 valence electrons. The fraction of sp³-hybridized carbons (Fsp3) is 0.500. The lowest BCUT2D eigenvalue weighted by atomic mass is 10.0. The van der Waals surface area contributed by atoms with Gasteiger partial charge in [0, 0.05) is 32.4 Å². The molecule has 0 spiro atoms. The highest BCUT2D eigenvalue weighted by Crippen LogP contribution is 2.17. The topological polar surface area (TPSA) is 100 Å². The van der Waals surface area contributed by atoms with Crippen LogP contribution in [0.3, 0.4) is 0 Å². The number of hydrogen-bond acceptors (Lipinski definition) is 6. The molecule has 24 heavy (non-hydrogen) atoms. The van der Waals surface area contributed by atoms with Gasteiger partial charge in [-0.2, -0.15) is 0 Å². The van der Waals surface area contributed by atoms with Gasteiger partial charge in [-0.3, -0.25) is 14.5 Å². The van der Waals surface area contributed by atoms with Gasteiger partial charge in [0.15, 0.2) is 0 Å². The summed E-state index contributed by atoms with van der Waals surface area (Å²) in [5, 5.41) is 10.3. The van der Waals surface area contributed by atoms with Crippen molar-refractivity contribution in [1.29, 1.82) is 0 Å². The van der Waals surface area contributed by atoms with Crippen molar-refractivity contribution in [3.05, 3.63) is 23.5 Å². The van der Waals surface area contributed by atoms with Crippen molar-refractivity contribution in [3.63, 3.8) is 0 Å². The first-order chi connectivity index (χ1) is 11.6. The third-order valence-electron chi connectivity index (χ3n) is 4.34. The van der Waals surface area contributed by atoms with Crippen LogP contribution in [-0.4, -0.2) is 59.6 Å². The van der Waals surface area contributed by atoms with Crippen LogP contribution in [0.15, 0.2) is 16.8 Å². The third kappa shape index (κ3) is 3.53. The smallest absolute Gasteiger partial charge is 0.257 e. The van der Waals surface area contributed by atoms with Crippen LogP contribution >= 0.6 is 0 Å². The van der Waals surface area contributed by atoms with Gasteiger partial charge in [0.1, 0.15) is 0 Å². The number of fused-ring (bicyclic) bond motifs is 1. The lowest BCUT2D eigenvalue weighted by Crippen LogP contribution is -2.47. The molecule has 2 aromatic rings. The van der Waals surface area contributed by atoms with E-state index in [1.165, 1.54) is 6.20 Å². The van der Waals surface area contributed by atoms with Crippen molar-refractivity contribution in [2.45, 2.75) is 25.8 Å². The minimum absolute atomic E-state index is 0.0148. The summed E-state index contributed by atoms with van der Waals surface area (Å²) in [6, 6.07) is 1.86. The first-order valence-electron chi connectivity index (χ1n) is 8.02. The van der Waals surface area contributed by atoms with Gasteiger partial charge < -0.3 is 15.2 Å². The zero-order valence-electron chi connectivity index (χ0n) is 13.8. The van der Waals surface area contributed by atoms with Gasteiger partial charge in [0.05, 0.1) is 23.2 Å². The second-order valence-electron chi connectivity index (χ2n) is 6.04. The van der Waals surface area contributed by atoms with Crippen LogP contribution in [0.1, 0.15) is 28.9 Å². The Labute approximate surface area is 139 Å². The van der Waals surface area contributed by atoms with Crippen molar-refractivity contribution in [2.75, 3.05) is 26.7 Å². The maximum Gasteiger partial charge on any atom is 0.257 e. The van der Waals surface area contributed by atoms with Crippen molar-refractivity contribution in [2.24, 2.45) is 0 Å². The number of likely N-dealkylation sites (N-methyl/N-ethyl adjacent to an activating group) is 1. The summed E-state index contributed by atoms with van der Waals surface area (Å²) in [6.45, 7) is 3.81. The fourth-order valence-electron chi connectivity index (χ4n) is 2.86. The number of hydrogen-bond donors (Lipinski definition) is 2. The van der Waals surface area contributed by atoms with E-state index in [2.05, 4.69) is 25.7 Å². The summed E-state index contributed by atoms with van der Waals surface area (Å²) in [4.78, 5) is 30.0. The predicted molar refractivity (Wildman–Crippen MR) is 87.5 cm³/mol. The molecule has 1 aliphatic heterocycles. The molecule has 0 radical (unpaired) electrons. The number of amides is 2. The highest BCUT2D eigenvalue weighted by Gasteiger charge is 2.22. The van der Waals surface area contributed by atoms with Crippen LogP contribution < -0.4 is 10.6 Å². The summed E-state index contributed by atoms with van der Waals surface area (Å²) in [6.07, 6.45) is 3.15. The van der Waals surface area contributed by atoms with Crippen LogP contribution in [-0.2, 0) is 4.79 Å². The number of nitrogens with zero attached hydrogens (tertiary/aromatic N) is 3. The van der Waals surface area contributed by atoms with Crippen molar-refractivity contribution in [3.8, 4) is 0 Å². The van der Waals surface area contributed by atoms with Gasteiger partial charge in [0.25, 0.3) is 11.6 Å². The summed E-state index contributed by atoms with van der Waals surface area (Å²) < 4.78 is 5.06. The zero-order valence-corrected chi connectivity index (χ0v) is 13.8. The average Bonchev–Trinajstić information content (AvgIpc) is 2.97. The lowest BCUT2D eigenvalue weighted by Gasteiger charge is -2.31. The molecule has 3 heterocycles. The van der Waals surface area contributed by atoms with E-state index >= 15 is 0 Å². The first kappa shape index (κ1) is 16.4. The number of likely N-dealkylation sites (tertiary alicyclic amines) is 1.